The number of nitrogens with one attached hydrogen (secondary N) is 1. The number of aromatic nitrogens is 2. The van der Waals surface area contributed by atoms with E-state index in [1.54, 1.807) is 61.1 Å². The van der Waals surface area contributed by atoms with Crippen LogP contribution in [0, 0.1) is 11.6 Å². The number of hydrogen-bond donors (Lipinski definition) is 2. The molecule has 0 bridgehead atoms. The third-order valence-corrected chi connectivity index (χ3v) is 4.74. The summed E-state index contributed by atoms with van der Waals surface area (Å²) in [4.78, 5) is 18.7. The predicted octanol–water partition coefficient (Wildman–Crippen LogP) is 4.08. The first-order chi connectivity index (χ1) is 14.2. The highest BCUT2D eigenvalue weighted by molar-refractivity contribution is 5.87. The molecule has 0 saturated heterocycles. The van der Waals surface area contributed by atoms with Gasteiger partial charge in [-0.3, -0.25) is 9.36 Å². The molecule has 4 rings (SSSR count). The highest BCUT2D eigenvalue weighted by Crippen LogP contribution is 2.35. The van der Waals surface area contributed by atoms with Crippen LogP contribution in [0.4, 0.5) is 20.3 Å². The summed E-state index contributed by atoms with van der Waals surface area (Å²) in [6, 6.07) is 12.1. The van der Waals surface area contributed by atoms with Crippen LogP contribution in [0.1, 0.15) is 19.7 Å². The number of nitrogens with two attached hydrogens (primary N) is 1. The third kappa shape index (κ3) is 3.69. The Balaban J connectivity index is 1.79. The van der Waals surface area contributed by atoms with Crippen LogP contribution >= 0.6 is 0 Å². The number of anilines is 2. The van der Waals surface area contributed by atoms with Crippen molar-refractivity contribution in [2.24, 2.45) is 5.73 Å². The topological polar surface area (TPSA) is 76.2 Å². The SMILES string of the molecule is CC(C)(N)C(=O)N1C=Cn2c(nc(-c3ccccc3F)c2Nc2ccc(F)cc2)C1. The number of halogens is 2. The molecule has 0 unspecified atom stereocenters. The van der Waals surface area contributed by atoms with Crippen LogP contribution in [0.5, 0.6) is 0 Å². The van der Waals surface area contributed by atoms with Gasteiger partial charge in [0.25, 0.3) is 0 Å². The second kappa shape index (κ2) is 7.38. The van der Waals surface area contributed by atoms with Gasteiger partial charge in [-0.1, -0.05) is 12.1 Å². The maximum Gasteiger partial charge on any atom is 0.246 e. The predicted molar refractivity (Wildman–Crippen MR) is 111 cm³/mol. The standard InChI is InChI=1S/C22H21F2N5O/c1-22(2,25)21(30)28-11-12-29-18(13-28)27-19(16-5-3-4-6-17(16)24)20(29)26-15-9-7-14(23)8-10-15/h3-12,26H,13,25H2,1-2H3. The lowest BCUT2D eigenvalue weighted by atomic mass is 10.1. The summed E-state index contributed by atoms with van der Waals surface area (Å²) < 4.78 is 29.6. The monoisotopic (exact) mass is 409 g/mol. The number of imidazole rings is 1. The fraction of sp³-hybridized carbons (Fsp3) is 0.182. The van der Waals surface area contributed by atoms with E-state index in [9.17, 15) is 13.6 Å². The number of benzene rings is 2. The molecule has 0 fully saturated rings. The average molecular weight is 409 g/mol. The Morgan fingerprint density at radius 1 is 1.10 bits per heavy atom. The Hall–Kier alpha value is -3.52. The van der Waals surface area contributed by atoms with Crippen molar-refractivity contribution in [1.82, 2.24) is 14.5 Å². The van der Waals surface area contributed by atoms with Gasteiger partial charge in [-0.15, -0.1) is 0 Å². The Morgan fingerprint density at radius 3 is 2.47 bits per heavy atom. The van der Waals surface area contributed by atoms with Crippen LogP contribution in [-0.2, 0) is 11.3 Å². The van der Waals surface area contributed by atoms with Crippen LogP contribution < -0.4 is 11.1 Å². The highest BCUT2D eigenvalue weighted by Gasteiger charge is 2.31. The molecule has 1 amide bonds. The van der Waals surface area contributed by atoms with Gasteiger partial charge in [-0.25, -0.2) is 13.8 Å². The molecule has 1 aliphatic rings. The second-order valence-electron chi connectivity index (χ2n) is 7.66. The fourth-order valence-corrected chi connectivity index (χ4v) is 3.24. The molecular weight excluding hydrogens is 388 g/mol. The molecule has 0 atom stereocenters. The molecule has 2 aromatic carbocycles. The molecule has 2 heterocycles. The van der Waals surface area contributed by atoms with Gasteiger partial charge in [0.05, 0.1) is 12.1 Å². The second-order valence-corrected chi connectivity index (χ2v) is 7.66. The van der Waals surface area contributed by atoms with Gasteiger partial charge in [0.1, 0.15) is 29.0 Å². The smallest absolute Gasteiger partial charge is 0.246 e. The molecule has 6 nitrogen and oxygen atoms in total. The maximum atomic E-state index is 14.5. The summed E-state index contributed by atoms with van der Waals surface area (Å²) in [5.41, 5.74) is 6.23. The molecule has 0 aliphatic carbocycles. The molecular formula is C22H21F2N5O. The van der Waals surface area contributed by atoms with Crippen LogP contribution in [0.3, 0.4) is 0 Å². The van der Waals surface area contributed by atoms with E-state index in [1.807, 2.05) is 0 Å². The lowest BCUT2D eigenvalue weighted by Gasteiger charge is -2.28. The van der Waals surface area contributed by atoms with E-state index >= 15 is 0 Å². The van der Waals surface area contributed by atoms with Gasteiger partial charge in [0.15, 0.2) is 0 Å². The molecule has 1 aromatic heterocycles. The van der Waals surface area contributed by atoms with E-state index in [2.05, 4.69) is 10.3 Å². The molecule has 154 valence electrons. The number of nitrogens with zero attached hydrogens (tertiary/aromatic N) is 3. The van der Waals surface area contributed by atoms with Crippen molar-refractivity contribution in [2.45, 2.75) is 25.9 Å². The van der Waals surface area contributed by atoms with E-state index < -0.39 is 11.4 Å². The highest BCUT2D eigenvalue weighted by atomic mass is 19.1. The van der Waals surface area contributed by atoms with Crippen LogP contribution in [0.2, 0.25) is 0 Å². The summed E-state index contributed by atoms with van der Waals surface area (Å²) in [5, 5.41) is 3.20. The van der Waals surface area contributed by atoms with Gasteiger partial charge < -0.3 is 16.0 Å². The molecule has 3 N–H and O–H groups in total. The summed E-state index contributed by atoms with van der Waals surface area (Å²) in [6.45, 7) is 3.45. The number of rotatable bonds is 4. The minimum Gasteiger partial charge on any atom is -0.339 e. The minimum atomic E-state index is -1.04. The van der Waals surface area contributed by atoms with Crippen molar-refractivity contribution in [3.63, 3.8) is 0 Å². The van der Waals surface area contributed by atoms with Gasteiger partial charge in [0.2, 0.25) is 5.91 Å². The van der Waals surface area contributed by atoms with E-state index in [-0.39, 0.29) is 18.3 Å². The zero-order chi connectivity index (χ0) is 21.5. The first kappa shape index (κ1) is 19.8. The molecule has 0 spiro atoms. The van der Waals surface area contributed by atoms with Crippen LogP contribution in [-0.4, -0.2) is 25.9 Å². The Labute approximate surface area is 172 Å². The normalized spacial score (nSPS) is 13.3. The van der Waals surface area contributed by atoms with Crippen LogP contribution in [0.25, 0.3) is 17.5 Å². The zero-order valence-corrected chi connectivity index (χ0v) is 16.6. The zero-order valence-electron chi connectivity index (χ0n) is 16.6. The molecule has 0 radical (unpaired) electrons. The van der Waals surface area contributed by atoms with Gasteiger partial charge >= 0.3 is 0 Å². The van der Waals surface area contributed by atoms with Crippen molar-refractivity contribution in [3.05, 3.63) is 72.2 Å². The molecule has 30 heavy (non-hydrogen) atoms. The van der Waals surface area contributed by atoms with E-state index in [0.717, 1.165) is 0 Å². The molecule has 3 aromatic rings. The summed E-state index contributed by atoms with van der Waals surface area (Å²) in [6.07, 6.45) is 3.29. The third-order valence-electron chi connectivity index (χ3n) is 4.74. The van der Waals surface area contributed by atoms with Gasteiger partial charge in [-0.2, -0.15) is 0 Å². The average Bonchev–Trinajstić information content (AvgIpc) is 3.06. The van der Waals surface area contributed by atoms with Crippen LogP contribution in [0.15, 0.2) is 54.7 Å². The van der Waals surface area contributed by atoms with Gasteiger partial charge in [0, 0.05) is 23.7 Å². The first-order valence-corrected chi connectivity index (χ1v) is 9.41. The number of carbonyl (C=O) groups excluding carboxylic acids is 1. The summed E-state index contributed by atoms with van der Waals surface area (Å²) in [7, 11) is 0. The number of hydrogen-bond acceptors (Lipinski definition) is 4. The summed E-state index contributed by atoms with van der Waals surface area (Å²) >= 11 is 0. The molecule has 0 saturated carbocycles. The van der Waals surface area contributed by atoms with E-state index in [0.29, 0.717) is 28.6 Å². The quantitative estimate of drug-likeness (QED) is 0.681. The van der Waals surface area contributed by atoms with E-state index in [4.69, 9.17) is 5.73 Å². The van der Waals surface area contributed by atoms with Gasteiger partial charge in [-0.05, 0) is 50.2 Å². The van der Waals surface area contributed by atoms with Crippen molar-refractivity contribution in [1.29, 1.82) is 0 Å². The fourth-order valence-electron chi connectivity index (χ4n) is 3.24. The summed E-state index contributed by atoms with van der Waals surface area (Å²) in [5.74, 6) is 0.0160. The number of fused-ring (bicyclic) bond motifs is 1. The Morgan fingerprint density at radius 2 is 1.80 bits per heavy atom. The largest absolute Gasteiger partial charge is 0.339 e. The molecule has 1 aliphatic heterocycles. The molecule has 8 heteroatoms. The van der Waals surface area contributed by atoms with E-state index in [1.165, 1.54) is 23.1 Å². The first-order valence-electron chi connectivity index (χ1n) is 9.41. The lowest BCUT2D eigenvalue weighted by Crippen LogP contribution is -2.49. The number of carbonyl (C=O) groups is 1. The van der Waals surface area contributed by atoms with Crippen molar-refractivity contribution in [2.75, 3.05) is 5.32 Å². The maximum absolute atomic E-state index is 14.5. The van der Waals surface area contributed by atoms with Crippen molar-refractivity contribution in [3.8, 4) is 11.3 Å². The number of amides is 1. The van der Waals surface area contributed by atoms with Crippen molar-refractivity contribution < 1.29 is 13.6 Å². The Bertz CT molecular complexity index is 1130. The lowest BCUT2D eigenvalue weighted by molar-refractivity contribution is -0.133. The Kier molecular flexibility index (Phi) is 4.87. The minimum absolute atomic E-state index is 0.183. The van der Waals surface area contributed by atoms with Crippen molar-refractivity contribution >= 4 is 23.6 Å².